The van der Waals surface area contributed by atoms with Gasteiger partial charge in [-0.05, 0) is 35.1 Å². The Morgan fingerprint density at radius 1 is 0.857 bits per heavy atom. The van der Waals surface area contributed by atoms with Crippen LogP contribution >= 0.6 is 0 Å². The maximum Gasteiger partial charge on any atom is 0.154 e. The van der Waals surface area contributed by atoms with Gasteiger partial charge in [-0.2, -0.15) is 0 Å². The molecule has 14 heavy (non-hydrogen) atoms. The summed E-state index contributed by atoms with van der Waals surface area (Å²) in [5, 5.41) is 0. The predicted molar refractivity (Wildman–Crippen MR) is 58.5 cm³/mol. The Balaban J connectivity index is 3.23. The second-order valence-electron chi connectivity index (χ2n) is 3.92. The molecule has 0 amide bonds. The predicted octanol–water partition coefficient (Wildman–Crippen LogP) is 0.489. The quantitative estimate of drug-likeness (QED) is 0.537. The SMILES string of the molecule is CC(OCCN(C)C)OCCN(C)C. The third kappa shape index (κ3) is 9.92. The van der Waals surface area contributed by atoms with Crippen molar-refractivity contribution in [1.82, 2.24) is 9.80 Å². The lowest BCUT2D eigenvalue weighted by atomic mass is 10.6. The van der Waals surface area contributed by atoms with E-state index in [1.54, 1.807) is 0 Å². The van der Waals surface area contributed by atoms with E-state index in [-0.39, 0.29) is 6.29 Å². The molecule has 0 N–H and O–H groups in total. The smallest absolute Gasteiger partial charge is 0.154 e. The molecule has 0 aliphatic carbocycles. The van der Waals surface area contributed by atoms with Gasteiger partial charge in [0.15, 0.2) is 6.29 Å². The molecule has 0 aromatic heterocycles. The fourth-order valence-corrected chi connectivity index (χ4v) is 0.851. The van der Waals surface area contributed by atoms with Crippen molar-refractivity contribution in [3.05, 3.63) is 0 Å². The first kappa shape index (κ1) is 13.8. The van der Waals surface area contributed by atoms with Gasteiger partial charge >= 0.3 is 0 Å². The topological polar surface area (TPSA) is 24.9 Å². The molecule has 4 heteroatoms. The molecule has 0 aliphatic heterocycles. The molecule has 0 fully saturated rings. The van der Waals surface area contributed by atoms with Crippen molar-refractivity contribution in [1.29, 1.82) is 0 Å². The van der Waals surface area contributed by atoms with Crippen LogP contribution < -0.4 is 0 Å². The summed E-state index contributed by atoms with van der Waals surface area (Å²) in [5.74, 6) is 0. The Morgan fingerprint density at radius 2 is 1.21 bits per heavy atom. The molecule has 4 nitrogen and oxygen atoms in total. The van der Waals surface area contributed by atoms with Gasteiger partial charge in [0.2, 0.25) is 0 Å². The van der Waals surface area contributed by atoms with Crippen LogP contribution in [-0.4, -0.2) is 70.6 Å². The van der Waals surface area contributed by atoms with E-state index < -0.39 is 0 Å². The number of hydrogen-bond acceptors (Lipinski definition) is 4. The van der Waals surface area contributed by atoms with Crippen LogP contribution in [0.1, 0.15) is 6.92 Å². The summed E-state index contributed by atoms with van der Waals surface area (Å²) in [7, 11) is 8.11. The molecule has 0 unspecified atom stereocenters. The highest BCUT2D eigenvalue weighted by atomic mass is 16.7. The lowest BCUT2D eigenvalue weighted by Gasteiger charge is -2.17. The summed E-state index contributed by atoms with van der Waals surface area (Å²) in [6.07, 6.45) is -0.102. The van der Waals surface area contributed by atoms with Crippen molar-refractivity contribution in [3.8, 4) is 0 Å². The fourth-order valence-electron chi connectivity index (χ4n) is 0.851. The Morgan fingerprint density at radius 3 is 1.50 bits per heavy atom. The van der Waals surface area contributed by atoms with Crippen molar-refractivity contribution in [2.75, 3.05) is 54.5 Å². The van der Waals surface area contributed by atoms with Crippen LogP contribution in [0.3, 0.4) is 0 Å². The minimum atomic E-state index is -0.102. The van der Waals surface area contributed by atoms with Crippen LogP contribution in [0, 0.1) is 0 Å². The molecular formula is C10H24N2O2. The summed E-state index contributed by atoms with van der Waals surface area (Å²) in [6.45, 7) is 5.24. The van der Waals surface area contributed by atoms with Crippen LogP contribution in [0.4, 0.5) is 0 Å². The van der Waals surface area contributed by atoms with Gasteiger partial charge in [0.1, 0.15) is 0 Å². The molecule has 0 radical (unpaired) electrons. The van der Waals surface area contributed by atoms with Crippen LogP contribution in [0.2, 0.25) is 0 Å². The first-order valence-corrected chi connectivity index (χ1v) is 5.05. The van der Waals surface area contributed by atoms with Crippen LogP contribution in [-0.2, 0) is 9.47 Å². The Hall–Kier alpha value is -0.160. The second kappa shape index (κ2) is 8.17. The molecule has 0 aromatic rings. The molecule has 0 aliphatic rings. The van der Waals surface area contributed by atoms with E-state index in [9.17, 15) is 0 Å². The summed E-state index contributed by atoms with van der Waals surface area (Å²) in [5.41, 5.74) is 0. The maximum absolute atomic E-state index is 5.45. The molecule has 0 rings (SSSR count). The van der Waals surface area contributed by atoms with Crippen molar-refractivity contribution in [3.63, 3.8) is 0 Å². The highest BCUT2D eigenvalue weighted by molar-refractivity contribution is 4.43. The van der Waals surface area contributed by atoms with Crippen molar-refractivity contribution < 1.29 is 9.47 Å². The fraction of sp³-hybridized carbons (Fsp3) is 1.00. The van der Waals surface area contributed by atoms with E-state index >= 15 is 0 Å². The molecule has 0 heterocycles. The zero-order chi connectivity index (χ0) is 11.0. The first-order chi connectivity index (χ1) is 6.52. The second-order valence-corrected chi connectivity index (χ2v) is 3.92. The molecule has 0 spiro atoms. The van der Waals surface area contributed by atoms with Crippen molar-refractivity contribution in [2.45, 2.75) is 13.2 Å². The normalized spacial score (nSPS) is 12.0. The number of likely N-dealkylation sites (N-methyl/N-ethyl adjacent to an activating group) is 2. The van der Waals surface area contributed by atoms with E-state index in [2.05, 4.69) is 9.80 Å². The molecule has 0 aromatic carbocycles. The zero-order valence-electron chi connectivity index (χ0n) is 10.1. The minimum Gasteiger partial charge on any atom is -0.352 e. The van der Waals surface area contributed by atoms with E-state index in [1.165, 1.54) is 0 Å². The van der Waals surface area contributed by atoms with E-state index in [4.69, 9.17) is 9.47 Å². The molecule has 0 atom stereocenters. The lowest BCUT2D eigenvalue weighted by molar-refractivity contribution is -0.133. The van der Waals surface area contributed by atoms with Crippen LogP contribution in [0.25, 0.3) is 0 Å². The zero-order valence-corrected chi connectivity index (χ0v) is 10.1. The van der Waals surface area contributed by atoms with Gasteiger partial charge in [-0.3, -0.25) is 0 Å². The van der Waals surface area contributed by atoms with E-state index in [1.807, 2.05) is 35.1 Å². The highest BCUT2D eigenvalue weighted by Crippen LogP contribution is 1.93. The standard InChI is InChI=1S/C10H24N2O2/c1-10(13-8-6-11(2)3)14-9-7-12(4)5/h10H,6-9H2,1-5H3. The molecular weight excluding hydrogens is 180 g/mol. The average molecular weight is 204 g/mol. The van der Waals surface area contributed by atoms with Gasteiger partial charge in [-0.25, -0.2) is 0 Å². The number of nitrogens with zero attached hydrogens (tertiary/aromatic N) is 2. The number of rotatable bonds is 8. The van der Waals surface area contributed by atoms with Crippen molar-refractivity contribution in [2.24, 2.45) is 0 Å². The third-order valence-corrected chi connectivity index (χ3v) is 1.78. The molecule has 0 saturated carbocycles. The van der Waals surface area contributed by atoms with Gasteiger partial charge in [-0.15, -0.1) is 0 Å². The first-order valence-electron chi connectivity index (χ1n) is 5.05. The molecule has 86 valence electrons. The Bertz CT molecular complexity index is 115. The van der Waals surface area contributed by atoms with Crippen LogP contribution in [0.15, 0.2) is 0 Å². The summed E-state index contributed by atoms with van der Waals surface area (Å²) in [4.78, 5) is 4.18. The summed E-state index contributed by atoms with van der Waals surface area (Å²) < 4.78 is 10.9. The summed E-state index contributed by atoms with van der Waals surface area (Å²) >= 11 is 0. The molecule has 0 bridgehead atoms. The number of hydrogen-bond donors (Lipinski definition) is 0. The highest BCUT2D eigenvalue weighted by Gasteiger charge is 2.01. The van der Waals surface area contributed by atoms with Gasteiger partial charge in [0, 0.05) is 13.1 Å². The number of ether oxygens (including phenoxy) is 2. The average Bonchev–Trinajstić information content (AvgIpc) is 2.02. The minimum absolute atomic E-state index is 0.102. The maximum atomic E-state index is 5.45. The van der Waals surface area contributed by atoms with Gasteiger partial charge in [0.05, 0.1) is 13.2 Å². The Kier molecular flexibility index (Phi) is 8.08. The third-order valence-electron chi connectivity index (χ3n) is 1.78. The van der Waals surface area contributed by atoms with Gasteiger partial charge in [0.25, 0.3) is 0 Å². The lowest BCUT2D eigenvalue weighted by Crippen LogP contribution is -2.25. The summed E-state index contributed by atoms with van der Waals surface area (Å²) in [6, 6.07) is 0. The Labute approximate surface area is 87.8 Å². The van der Waals surface area contributed by atoms with Gasteiger partial charge < -0.3 is 19.3 Å². The monoisotopic (exact) mass is 204 g/mol. The molecule has 0 saturated heterocycles. The van der Waals surface area contributed by atoms with E-state index in [0.717, 1.165) is 26.3 Å². The van der Waals surface area contributed by atoms with Gasteiger partial charge in [-0.1, -0.05) is 0 Å². The van der Waals surface area contributed by atoms with Crippen LogP contribution in [0.5, 0.6) is 0 Å². The van der Waals surface area contributed by atoms with E-state index in [0.29, 0.717) is 0 Å². The van der Waals surface area contributed by atoms with Crippen molar-refractivity contribution >= 4 is 0 Å². The largest absolute Gasteiger partial charge is 0.352 e.